The van der Waals surface area contributed by atoms with Gasteiger partial charge in [-0.1, -0.05) is 26.8 Å². The van der Waals surface area contributed by atoms with Crippen molar-refractivity contribution in [3.05, 3.63) is 12.8 Å². The van der Waals surface area contributed by atoms with Gasteiger partial charge in [-0.2, -0.15) is 0 Å². The van der Waals surface area contributed by atoms with Crippen molar-refractivity contribution in [3.8, 4) is 0 Å². The molecule has 0 spiro atoms. The fourth-order valence-electron chi connectivity index (χ4n) is 0.659. The fraction of sp³-hybridized carbons (Fsp3) is 0.727. The van der Waals surface area contributed by atoms with E-state index < -0.39 is 0 Å². The molecule has 0 bridgehead atoms. The molecule has 3 nitrogen and oxygen atoms in total. The van der Waals surface area contributed by atoms with Crippen molar-refractivity contribution in [1.82, 2.24) is 0 Å². The summed E-state index contributed by atoms with van der Waals surface area (Å²) >= 11 is 0. The molecule has 0 heterocycles. The molecular weight excluding hydrogens is 176 g/mol. The largest absolute Gasteiger partial charge is 0.452 e. The third-order valence-electron chi connectivity index (χ3n) is 1.08. The van der Waals surface area contributed by atoms with Crippen LogP contribution in [0.5, 0.6) is 0 Å². The van der Waals surface area contributed by atoms with E-state index in [9.17, 15) is 0 Å². The van der Waals surface area contributed by atoms with Crippen LogP contribution in [-0.4, -0.2) is 18.5 Å². The normalized spacial score (nSPS) is 11.4. The Morgan fingerprint density at radius 1 is 1.50 bits per heavy atom. The Hall–Kier alpha value is -0.830. The van der Waals surface area contributed by atoms with Crippen molar-refractivity contribution in [3.63, 3.8) is 0 Å². The predicted octanol–water partition coefficient (Wildman–Crippen LogP) is 2.72. The Labute approximate surface area is 88.1 Å². The number of rotatable bonds is 3. The third kappa shape index (κ3) is 13.7. The maximum Gasteiger partial charge on any atom is 0.190 e. The maximum absolute atomic E-state index is 5.75. The molecule has 0 aromatic rings. The molecule has 0 radical (unpaired) electrons. The van der Waals surface area contributed by atoms with Crippen molar-refractivity contribution in [2.24, 2.45) is 10.7 Å². The zero-order valence-corrected chi connectivity index (χ0v) is 10.1. The lowest BCUT2D eigenvalue weighted by Crippen LogP contribution is -2.34. The number of hydrogen-bond acceptors (Lipinski definition) is 3. The van der Waals surface area contributed by atoms with Crippen LogP contribution in [0.25, 0.3) is 0 Å². The van der Waals surface area contributed by atoms with Gasteiger partial charge in [0.05, 0.1) is 6.26 Å². The minimum atomic E-state index is -0.280. The van der Waals surface area contributed by atoms with E-state index in [0.717, 1.165) is 0 Å². The van der Waals surface area contributed by atoms with Crippen LogP contribution < -0.4 is 5.73 Å². The lowest BCUT2D eigenvalue weighted by atomic mass is 10.0. The second kappa shape index (κ2) is 8.75. The number of hydrogen-bond donors (Lipinski definition) is 1. The standard InChI is InChI=1S/C8H16N2O.C3H8/c1-5-11-7(10-4)6-8(2,3)9;1-3-2/h5H,1,6,9H2,2-4H3;3H2,1-2H3. The summed E-state index contributed by atoms with van der Waals surface area (Å²) < 4.78 is 5.00. The van der Waals surface area contributed by atoms with Crippen molar-refractivity contribution < 1.29 is 4.74 Å². The molecule has 0 aliphatic rings. The average molecular weight is 200 g/mol. The highest BCUT2D eigenvalue weighted by Gasteiger charge is 2.14. The molecule has 0 saturated carbocycles. The molecule has 0 aliphatic heterocycles. The monoisotopic (exact) mass is 200 g/mol. The van der Waals surface area contributed by atoms with Crippen molar-refractivity contribution in [2.75, 3.05) is 7.05 Å². The van der Waals surface area contributed by atoms with Gasteiger partial charge in [0.2, 0.25) is 0 Å². The summed E-state index contributed by atoms with van der Waals surface area (Å²) in [6.07, 6.45) is 3.23. The smallest absolute Gasteiger partial charge is 0.190 e. The quantitative estimate of drug-likeness (QED) is 0.432. The summed E-state index contributed by atoms with van der Waals surface area (Å²) in [7, 11) is 1.67. The number of nitrogens with two attached hydrogens (primary N) is 1. The SMILES string of the molecule is C=COC(CC(C)(C)N)=NC.CCC. The van der Waals surface area contributed by atoms with E-state index in [1.807, 2.05) is 13.8 Å². The van der Waals surface area contributed by atoms with Gasteiger partial charge in [-0.3, -0.25) is 4.99 Å². The Kier molecular flexibility index (Phi) is 9.78. The highest BCUT2D eigenvalue weighted by Crippen LogP contribution is 2.05. The van der Waals surface area contributed by atoms with Gasteiger partial charge < -0.3 is 10.5 Å². The van der Waals surface area contributed by atoms with Gasteiger partial charge in [0.1, 0.15) is 0 Å². The van der Waals surface area contributed by atoms with Crippen molar-refractivity contribution in [1.29, 1.82) is 0 Å². The number of ether oxygens (including phenoxy) is 1. The van der Waals surface area contributed by atoms with Crippen LogP contribution in [0.3, 0.4) is 0 Å². The van der Waals surface area contributed by atoms with E-state index in [0.29, 0.717) is 12.3 Å². The van der Waals surface area contributed by atoms with Crippen molar-refractivity contribution >= 4 is 5.90 Å². The van der Waals surface area contributed by atoms with Gasteiger partial charge in [0, 0.05) is 19.0 Å². The van der Waals surface area contributed by atoms with Gasteiger partial charge in [-0.15, -0.1) is 0 Å². The summed E-state index contributed by atoms with van der Waals surface area (Å²) in [6, 6.07) is 0. The molecule has 0 fully saturated rings. The summed E-state index contributed by atoms with van der Waals surface area (Å²) in [6.45, 7) is 11.5. The minimum absolute atomic E-state index is 0.280. The molecule has 0 amide bonds. The Morgan fingerprint density at radius 3 is 2.14 bits per heavy atom. The van der Waals surface area contributed by atoms with Crippen LogP contribution in [0, 0.1) is 0 Å². The first-order chi connectivity index (χ1) is 6.41. The third-order valence-corrected chi connectivity index (χ3v) is 1.08. The first kappa shape index (κ1) is 15.6. The van der Waals surface area contributed by atoms with Gasteiger partial charge in [-0.05, 0) is 13.8 Å². The molecule has 14 heavy (non-hydrogen) atoms. The first-order valence-electron chi connectivity index (χ1n) is 4.93. The highest BCUT2D eigenvalue weighted by atomic mass is 16.5. The number of aliphatic imine (C=N–C) groups is 1. The fourth-order valence-corrected chi connectivity index (χ4v) is 0.659. The average Bonchev–Trinajstić information content (AvgIpc) is 2.02. The second-order valence-electron chi connectivity index (χ2n) is 3.77. The van der Waals surface area contributed by atoms with Gasteiger partial charge in [-0.25, -0.2) is 0 Å². The van der Waals surface area contributed by atoms with Gasteiger partial charge >= 0.3 is 0 Å². The molecule has 0 aromatic heterocycles. The summed E-state index contributed by atoms with van der Waals surface area (Å²) in [5, 5.41) is 0. The predicted molar refractivity (Wildman–Crippen MR) is 63.5 cm³/mol. The van der Waals surface area contributed by atoms with E-state index in [-0.39, 0.29) is 5.54 Å². The molecular formula is C11H24N2O. The lowest BCUT2D eigenvalue weighted by molar-refractivity contribution is 0.421. The van der Waals surface area contributed by atoms with Crippen LogP contribution in [0.1, 0.15) is 40.5 Å². The Morgan fingerprint density at radius 2 is 1.93 bits per heavy atom. The van der Waals surface area contributed by atoms with E-state index in [1.54, 1.807) is 7.05 Å². The van der Waals surface area contributed by atoms with E-state index in [1.165, 1.54) is 12.7 Å². The van der Waals surface area contributed by atoms with Crippen LogP contribution >= 0.6 is 0 Å². The van der Waals surface area contributed by atoms with E-state index in [2.05, 4.69) is 25.4 Å². The highest BCUT2D eigenvalue weighted by molar-refractivity contribution is 5.77. The molecule has 0 unspecified atom stereocenters. The zero-order valence-electron chi connectivity index (χ0n) is 10.1. The molecule has 3 heteroatoms. The summed E-state index contributed by atoms with van der Waals surface area (Å²) in [4.78, 5) is 3.91. The van der Waals surface area contributed by atoms with Crippen molar-refractivity contribution in [2.45, 2.75) is 46.1 Å². The summed E-state index contributed by atoms with van der Waals surface area (Å²) in [5.41, 5.74) is 5.47. The Balaban J connectivity index is 0. The molecule has 2 N–H and O–H groups in total. The minimum Gasteiger partial charge on any atom is -0.452 e. The molecule has 0 aliphatic carbocycles. The molecule has 0 saturated heterocycles. The van der Waals surface area contributed by atoms with Crippen LogP contribution in [0.4, 0.5) is 0 Å². The summed E-state index contributed by atoms with van der Waals surface area (Å²) in [5.74, 6) is 0.618. The second-order valence-corrected chi connectivity index (χ2v) is 3.77. The van der Waals surface area contributed by atoms with Crippen LogP contribution in [0.2, 0.25) is 0 Å². The topological polar surface area (TPSA) is 47.6 Å². The zero-order chi connectivity index (χ0) is 11.6. The number of nitrogens with zero attached hydrogens (tertiary/aromatic N) is 1. The Bertz CT molecular complexity index is 169. The molecule has 84 valence electrons. The van der Waals surface area contributed by atoms with Crippen LogP contribution in [-0.2, 0) is 4.74 Å². The van der Waals surface area contributed by atoms with E-state index in [4.69, 9.17) is 10.5 Å². The van der Waals surface area contributed by atoms with Gasteiger partial charge in [0.25, 0.3) is 0 Å². The first-order valence-corrected chi connectivity index (χ1v) is 4.93. The molecule has 0 rings (SSSR count). The molecule has 0 atom stereocenters. The maximum atomic E-state index is 5.75. The van der Waals surface area contributed by atoms with Crippen LogP contribution in [0.15, 0.2) is 17.8 Å². The lowest BCUT2D eigenvalue weighted by Gasteiger charge is -2.18. The molecule has 0 aromatic carbocycles. The van der Waals surface area contributed by atoms with Gasteiger partial charge in [0.15, 0.2) is 5.90 Å². The van der Waals surface area contributed by atoms with E-state index >= 15 is 0 Å².